The van der Waals surface area contributed by atoms with Gasteiger partial charge in [-0.3, -0.25) is 4.99 Å². The topological polar surface area (TPSA) is 50.4 Å². The Balaban J connectivity index is 1.92. The first-order valence-electron chi connectivity index (χ1n) is 6.19. The molecule has 4 fully saturated rings. The number of nitrogens with one attached hydrogen (secondary N) is 1. The van der Waals surface area contributed by atoms with Gasteiger partial charge in [-0.2, -0.15) is 0 Å². The number of nitrogens with two attached hydrogens (primary N) is 1. The molecule has 0 saturated heterocycles. The summed E-state index contributed by atoms with van der Waals surface area (Å²) in [5.74, 6) is 9.57. The summed E-state index contributed by atoms with van der Waals surface area (Å²) in [6.45, 7) is 0. The molecule has 0 aromatic carbocycles. The van der Waals surface area contributed by atoms with Crippen LogP contribution in [0.2, 0.25) is 0 Å². The number of amidine groups is 1. The predicted octanol–water partition coefficient (Wildman–Crippen LogP) is 1.69. The molecule has 0 aromatic rings. The molecule has 4 bridgehead atoms. The van der Waals surface area contributed by atoms with Gasteiger partial charge in [0.2, 0.25) is 0 Å². The van der Waals surface area contributed by atoms with Crippen LogP contribution in [0.4, 0.5) is 0 Å². The van der Waals surface area contributed by atoms with Gasteiger partial charge in [0.1, 0.15) is 5.84 Å². The quantitative estimate of drug-likeness (QED) is 0.297. The SMILES string of the molecule is CN=C(NN)C12CC3CC(CC(C3)C1)C2. The zero-order valence-electron chi connectivity index (χ0n) is 9.50. The molecule has 0 amide bonds. The molecule has 0 aromatic heterocycles. The van der Waals surface area contributed by atoms with Crippen LogP contribution in [-0.4, -0.2) is 12.9 Å². The summed E-state index contributed by atoms with van der Waals surface area (Å²) in [4.78, 5) is 4.38. The number of hydrogen-bond acceptors (Lipinski definition) is 2. The van der Waals surface area contributed by atoms with Crippen LogP contribution in [-0.2, 0) is 0 Å². The Morgan fingerprint density at radius 2 is 1.60 bits per heavy atom. The van der Waals surface area contributed by atoms with Crippen molar-refractivity contribution in [2.45, 2.75) is 38.5 Å². The van der Waals surface area contributed by atoms with Crippen LogP contribution in [0.25, 0.3) is 0 Å². The third-order valence-electron chi connectivity index (χ3n) is 4.90. The van der Waals surface area contributed by atoms with E-state index in [9.17, 15) is 0 Å². The number of hydrazine groups is 1. The molecule has 4 aliphatic rings. The molecule has 0 radical (unpaired) electrons. The van der Waals surface area contributed by atoms with E-state index in [4.69, 9.17) is 5.84 Å². The summed E-state index contributed by atoms with van der Waals surface area (Å²) in [6.07, 6.45) is 8.41. The van der Waals surface area contributed by atoms with Crippen LogP contribution in [0.1, 0.15) is 38.5 Å². The van der Waals surface area contributed by atoms with E-state index in [1.807, 2.05) is 7.05 Å². The van der Waals surface area contributed by atoms with Gasteiger partial charge in [-0.15, -0.1) is 0 Å². The fraction of sp³-hybridized carbons (Fsp3) is 0.917. The highest BCUT2D eigenvalue weighted by molar-refractivity contribution is 5.88. The van der Waals surface area contributed by atoms with Crippen LogP contribution in [0, 0.1) is 23.2 Å². The van der Waals surface area contributed by atoms with E-state index < -0.39 is 0 Å². The normalized spacial score (nSPS) is 48.4. The van der Waals surface area contributed by atoms with Gasteiger partial charge in [0.05, 0.1) is 0 Å². The average molecular weight is 207 g/mol. The second kappa shape index (κ2) is 3.21. The zero-order chi connectivity index (χ0) is 10.5. The third-order valence-corrected chi connectivity index (χ3v) is 4.90. The van der Waals surface area contributed by atoms with Gasteiger partial charge < -0.3 is 5.43 Å². The molecule has 4 rings (SSSR count). The second-order valence-corrected chi connectivity index (χ2v) is 5.91. The highest BCUT2D eigenvalue weighted by Crippen LogP contribution is 2.60. The first-order valence-corrected chi connectivity index (χ1v) is 6.19. The summed E-state index contributed by atoms with van der Waals surface area (Å²) in [7, 11) is 1.87. The molecule has 0 unspecified atom stereocenters. The van der Waals surface area contributed by atoms with E-state index in [0.29, 0.717) is 5.41 Å². The summed E-state index contributed by atoms with van der Waals surface area (Å²) in [5, 5.41) is 0. The fourth-order valence-electron chi connectivity index (χ4n) is 4.86. The molecule has 0 atom stereocenters. The number of aliphatic imine (C=N–C) groups is 1. The van der Waals surface area contributed by atoms with Gasteiger partial charge >= 0.3 is 0 Å². The fourth-order valence-corrected chi connectivity index (χ4v) is 4.86. The molecule has 84 valence electrons. The van der Waals surface area contributed by atoms with Gasteiger partial charge in [0.25, 0.3) is 0 Å². The minimum Gasteiger partial charge on any atom is -0.312 e. The number of rotatable bonds is 1. The molecule has 4 aliphatic carbocycles. The van der Waals surface area contributed by atoms with Crippen LogP contribution < -0.4 is 11.3 Å². The largest absolute Gasteiger partial charge is 0.312 e. The maximum atomic E-state index is 5.62. The van der Waals surface area contributed by atoms with Gasteiger partial charge in [-0.05, 0) is 56.3 Å². The highest BCUT2D eigenvalue weighted by atomic mass is 15.3. The van der Waals surface area contributed by atoms with Gasteiger partial charge in [0.15, 0.2) is 0 Å². The first-order chi connectivity index (χ1) is 7.25. The Bertz CT molecular complexity index is 260. The Kier molecular flexibility index (Phi) is 2.06. The lowest BCUT2D eigenvalue weighted by atomic mass is 9.49. The van der Waals surface area contributed by atoms with Crippen molar-refractivity contribution < 1.29 is 0 Å². The van der Waals surface area contributed by atoms with E-state index in [2.05, 4.69) is 10.4 Å². The molecule has 4 saturated carbocycles. The van der Waals surface area contributed by atoms with Gasteiger partial charge in [0, 0.05) is 12.5 Å². The second-order valence-electron chi connectivity index (χ2n) is 5.91. The van der Waals surface area contributed by atoms with Crippen molar-refractivity contribution in [2.24, 2.45) is 34.0 Å². The zero-order valence-corrected chi connectivity index (χ0v) is 9.50. The maximum Gasteiger partial charge on any atom is 0.116 e. The minimum atomic E-state index is 0.332. The van der Waals surface area contributed by atoms with Crippen molar-refractivity contribution >= 4 is 5.84 Å². The monoisotopic (exact) mass is 207 g/mol. The van der Waals surface area contributed by atoms with Crippen LogP contribution in [0.3, 0.4) is 0 Å². The van der Waals surface area contributed by atoms with E-state index in [-0.39, 0.29) is 0 Å². The molecular formula is C12H21N3. The van der Waals surface area contributed by atoms with Crippen molar-refractivity contribution in [3.63, 3.8) is 0 Å². The van der Waals surface area contributed by atoms with E-state index in [1.165, 1.54) is 38.5 Å². The molecule has 0 aliphatic heterocycles. The summed E-state index contributed by atoms with van der Waals surface area (Å²) < 4.78 is 0. The molecule has 3 nitrogen and oxygen atoms in total. The van der Waals surface area contributed by atoms with Crippen molar-refractivity contribution in [3.8, 4) is 0 Å². The highest BCUT2D eigenvalue weighted by Gasteiger charge is 2.53. The Morgan fingerprint density at radius 3 is 1.93 bits per heavy atom. The molecule has 15 heavy (non-hydrogen) atoms. The molecular weight excluding hydrogens is 186 g/mol. The standard InChI is InChI=1S/C12H21N3/c1-14-11(15-13)12-5-8-2-9(6-12)4-10(3-8)7-12/h8-10H,2-7,13H2,1H3,(H,14,15). The van der Waals surface area contributed by atoms with E-state index >= 15 is 0 Å². The third kappa shape index (κ3) is 1.32. The predicted molar refractivity (Wildman–Crippen MR) is 61.3 cm³/mol. The van der Waals surface area contributed by atoms with Crippen LogP contribution in [0.5, 0.6) is 0 Å². The lowest BCUT2D eigenvalue weighted by Crippen LogP contribution is -2.54. The van der Waals surface area contributed by atoms with Crippen molar-refractivity contribution in [1.29, 1.82) is 0 Å². The summed E-state index contributed by atoms with van der Waals surface area (Å²) in [6, 6.07) is 0. The number of nitrogens with zero attached hydrogens (tertiary/aromatic N) is 1. The Labute approximate surface area is 91.5 Å². The Morgan fingerprint density at radius 1 is 1.13 bits per heavy atom. The van der Waals surface area contributed by atoms with Crippen LogP contribution in [0.15, 0.2) is 4.99 Å². The smallest absolute Gasteiger partial charge is 0.116 e. The maximum absolute atomic E-state index is 5.62. The van der Waals surface area contributed by atoms with Crippen LogP contribution >= 0.6 is 0 Å². The average Bonchev–Trinajstić information content (AvgIpc) is 2.16. The first kappa shape index (κ1) is 9.64. The molecule has 3 heteroatoms. The van der Waals surface area contributed by atoms with Crippen molar-refractivity contribution in [2.75, 3.05) is 7.05 Å². The Hall–Kier alpha value is -0.570. The van der Waals surface area contributed by atoms with Gasteiger partial charge in [-0.1, -0.05) is 0 Å². The molecule has 0 heterocycles. The van der Waals surface area contributed by atoms with Crippen molar-refractivity contribution in [1.82, 2.24) is 5.43 Å². The summed E-state index contributed by atoms with van der Waals surface area (Å²) in [5.41, 5.74) is 3.19. The van der Waals surface area contributed by atoms with Crippen molar-refractivity contribution in [3.05, 3.63) is 0 Å². The summed E-state index contributed by atoms with van der Waals surface area (Å²) >= 11 is 0. The molecule has 0 spiro atoms. The van der Waals surface area contributed by atoms with E-state index in [1.54, 1.807) is 0 Å². The lowest BCUT2D eigenvalue weighted by Gasteiger charge is -2.56. The number of hydrogen-bond donors (Lipinski definition) is 2. The molecule has 3 N–H and O–H groups in total. The van der Waals surface area contributed by atoms with Gasteiger partial charge in [-0.25, -0.2) is 5.84 Å². The lowest BCUT2D eigenvalue weighted by molar-refractivity contribution is -0.0141. The minimum absolute atomic E-state index is 0.332. The van der Waals surface area contributed by atoms with E-state index in [0.717, 1.165) is 23.6 Å².